The van der Waals surface area contributed by atoms with Gasteiger partial charge in [-0.15, -0.1) is 0 Å². The molecule has 1 aromatic heterocycles. The molecule has 2 amide bonds. The molecule has 2 aromatic rings. The Bertz CT molecular complexity index is 835. The fraction of sp³-hybridized carbons (Fsp3) is 0.421. The summed E-state index contributed by atoms with van der Waals surface area (Å²) in [6.45, 7) is 2.08. The number of aromatic amines is 1. The first-order valence-corrected chi connectivity index (χ1v) is 9.16. The summed E-state index contributed by atoms with van der Waals surface area (Å²) < 4.78 is 31.3. The molecule has 150 valence electrons. The second-order valence-corrected chi connectivity index (χ2v) is 6.78. The van der Waals surface area contributed by atoms with Gasteiger partial charge in [0, 0.05) is 29.8 Å². The van der Waals surface area contributed by atoms with E-state index in [0.29, 0.717) is 12.4 Å². The van der Waals surface area contributed by atoms with Crippen LogP contribution in [0.2, 0.25) is 0 Å². The fourth-order valence-corrected chi connectivity index (χ4v) is 3.43. The monoisotopic (exact) mass is 392 g/mol. The number of hydrogen-bond acceptors (Lipinski definition) is 4. The highest BCUT2D eigenvalue weighted by Crippen LogP contribution is 2.34. The number of carbonyl (C=O) groups excluding carboxylic acids is 2. The van der Waals surface area contributed by atoms with Crippen molar-refractivity contribution in [2.75, 3.05) is 11.9 Å². The van der Waals surface area contributed by atoms with Gasteiger partial charge in [-0.2, -0.15) is 5.10 Å². The Morgan fingerprint density at radius 2 is 1.96 bits per heavy atom. The van der Waals surface area contributed by atoms with Crippen LogP contribution >= 0.6 is 0 Å². The van der Waals surface area contributed by atoms with E-state index in [4.69, 9.17) is 4.74 Å². The van der Waals surface area contributed by atoms with Crippen molar-refractivity contribution in [1.82, 2.24) is 15.5 Å². The standard InChI is InChI=1S/C19H22F2N4O3/c1-2-28-19(27)22-15-4-3-12(8-15)16-10-17(25-24-16)23-18(26)7-11-5-13(20)9-14(21)6-11/h5-6,9-10,12,15H,2-4,7-8H2,1H3,(H,22,27)(H2,23,24,25,26)/t12-,15+/m0/s1. The average Bonchev–Trinajstić information content (AvgIpc) is 3.23. The molecule has 0 radical (unpaired) electrons. The highest BCUT2D eigenvalue weighted by atomic mass is 19.1. The summed E-state index contributed by atoms with van der Waals surface area (Å²) in [6.07, 6.45) is 1.87. The van der Waals surface area contributed by atoms with Crippen molar-refractivity contribution in [1.29, 1.82) is 0 Å². The molecule has 0 unspecified atom stereocenters. The molecule has 3 rings (SSSR count). The van der Waals surface area contributed by atoms with E-state index < -0.39 is 23.6 Å². The largest absolute Gasteiger partial charge is 0.450 e. The van der Waals surface area contributed by atoms with Crippen LogP contribution in [-0.2, 0) is 16.0 Å². The summed E-state index contributed by atoms with van der Waals surface area (Å²) in [5.41, 5.74) is 1.11. The molecular formula is C19H22F2N4O3. The lowest BCUT2D eigenvalue weighted by atomic mass is 10.0. The smallest absolute Gasteiger partial charge is 0.407 e. The highest BCUT2D eigenvalue weighted by molar-refractivity contribution is 5.91. The van der Waals surface area contributed by atoms with Gasteiger partial charge in [-0.25, -0.2) is 13.6 Å². The molecule has 2 atom stereocenters. The second-order valence-electron chi connectivity index (χ2n) is 6.78. The number of benzene rings is 1. The van der Waals surface area contributed by atoms with Crippen molar-refractivity contribution in [3.63, 3.8) is 0 Å². The lowest BCUT2D eigenvalue weighted by Gasteiger charge is -2.12. The zero-order valence-electron chi connectivity index (χ0n) is 15.4. The predicted octanol–water partition coefficient (Wildman–Crippen LogP) is 3.25. The summed E-state index contributed by atoms with van der Waals surface area (Å²) >= 11 is 0. The first-order valence-electron chi connectivity index (χ1n) is 9.16. The molecule has 0 aliphatic heterocycles. The average molecular weight is 392 g/mol. The van der Waals surface area contributed by atoms with Crippen LogP contribution in [0.1, 0.15) is 43.4 Å². The van der Waals surface area contributed by atoms with Gasteiger partial charge in [0.1, 0.15) is 11.6 Å². The topological polar surface area (TPSA) is 96.1 Å². The quantitative estimate of drug-likeness (QED) is 0.703. The van der Waals surface area contributed by atoms with Gasteiger partial charge in [0.25, 0.3) is 0 Å². The van der Waals surface area contributed by atoms with Crippen LogP contribution in [0.3, 0.4) is 0 Å². The number of ether oxygens (including phenoxy) is 1. The first kappa shape index (κ1) is 19.8. The Morgan fingerprint density at radius 1 is 1.21 bits per heavy atom. The van der Waals surface area contributed by atoms with Gasteiger partial charge in [0.2, 0.25) is 5.91 Å². The number of alkyl carbamates (subject to hydrolysis) is 1. The third kappa shape index (κ3) is 5.28. The van der Waals surface area contributed by atoms with Crippen molar-refractivity contribution in [2.24, 2.45) is 0 Å². The summed E-state index contributed by atoms with van der Waals surface area (Å²) in [6, 6.07) is 4.77. The molecule has 9 heteroatoms. The van der Waals surface area contributed by atoms with Crippen molar-refractivity contribution in [3.05, 3.63) is 47.2 Å². The van der Waals surface area contributed by atoms with Crippen LogP contribution in [0.4, 0.5) is 19.4 Å². The predicted molar refractivity (Wildman–Crippen MR) is 97.8 cm³/mol. The molecule has 1 aromatic carbocycles. The molecule has 1 aliphatic carbocycles. The van der Waals surface area contributed by atoms with Crippen molar-refractivity contribution >= 4 is 17.8 Å². The Kier molecular flexibility index (Phi) is 6.23. The minimum absolute atomic E-state index is 0.0354. The molecule has 0 spiro atoms. The van der Waals surface area contributed by atoms with Crippen LogP contribution in [0.5, 0.6) is 0 Å². The third-order valence-corrected chi connectivity index (χ3v) is 4.62. The zero-order valence-corrected chi connectivity index (χ0v) is 15.4. The number of anilines is 1. The maximum atomic E-state index is 13.2. The van der Waals surface area contributed by atoms with Crippen molar-refractivity contribution in [3.8, 4) is 0 Å². The second kappa shape index (κ2) is 8.81. The van der Waals surface area contributed by atoms with Crippen LogP contribution < -0.4 is 10.6 Å². The summed E-state index contributed by atoms with van der Waals surface area (Å²) in [5, 5.41) is 12.4. The number of nitrogens with one attached hydrogen (secondary N) is 3. The molecule has 28 heavy (non-hydrogen) atoms. The SMILES string of the molecule is CCOC(=O)N[C@@H]1CC[C@H](c2cc(NC(=O)Cc3cc(F)cc(F)c3)n[nH]2)C1. The summed E-state index contributed by atoms with van der Waals surface area (Å²) in [7, 11) is 0. The van der Waals surface area contributed by atoms with E-state index >= 15 is 0 Å². The summed E-state index contributed by atoms with van der Waals surface area (Å²) in [5.74, 6) is -1.34. The van der Waals surface area contributed by atoms with Gasteiger partial charge in [0.05, 0.1) is 13.0 Å². The summed E-state index contributed by atoms with van der Waals surface area (Å²) in [4.78, 5) is 23.6. The molecule has 1 saturated carbocycles. The molecule has 0 bridgehead atoms. The van der Waals surface area contributed by atoms with Crippen molar-refractivity contribution < 1.29 is 23.1 Å². The van der Waals surface area contributed by atoms with E-state index in [9.17, 15) is 18.4 Å². The molecule has 3 N–H and O–H groups in total. The Hall–Kier alpha value is -2.97. The number of H-pyrrole nitrogens is 1. The maximum absolute atomic E-state index is 13.2. The number of halogens is 2. The van der Waals surface area contributed by atoms with E-state index in [-0.39, 0.29) is 23.9 Å². The molecule has 7 nitrogen and oxygen atoms in total. The Morgan fingerprint density at radius 3 is 2.68 bits per heavy atom. The van der Waals surface area contributed by atoms with Gasteiger partial charge in [-0.1, -0.05) is 0 Å². The molecular weight excluding hydrogens is 370 g/mol. The maximum Gasteiger partial charge on any atom is 0.407 e. The number of carbonyl (C=O) groups is 2. The molecule has 0 saturated heterocycles. The number of rotatable bonds is 6. The van der Waals surface area contributed by atoms with E-state index in [1.807, 2.05) is 0 Å². The van der Waals surface area contributed by atoms with Crippen molar-refractivity contribution in [2.45, 2.75) is 44.6 Å². The molecule has 1 heterocycles. The molecule has 1 aliphatic rings. The minimum atomic E-state index is -0.725. The Balaban J connectivity index is 1.53. The van der Waals surface area contributed by atoms with Crippen LogP contribution in [0.15, 0.2) is 24.3 Å². The lowest BCUT2D eigenvalue weighted by Crippen LogP contribution is -2.33. The normalized spacial score (nSPS) is 18.7. The van der Waals surface area contributed by atoms with E-state index in [1.54, 1.807) is 13.0 Å². The number of nitrogens with zero attached hydrogens (tertiary/aromatic N) is 1. The Labute approximate surface area is 160 Å². The zero-order chi connectivity index (χ0) is 20.1. The van der Waals surface area contributed by atoms with Crippen LogP contribution in [-0.4, -0.2) is 34.8 Å². The van der Waals surface area contributed by atoms with Crippen LogP contribution in [0.25, 0.3) is 0 Å². The lowest BCUT2D eigenvalue weighted by molar-refractivity contribution is -0.115. The fourth-order valence-electron chi connectivity index (χ4n) is 3.43. The first-order chi connectivity index (χ1) is 13.4. The van der Waals surface area contributed by atoms with Gasteiger partial charge in [-0.3, -0.25) is 9.89 Å². The van der Waals surface area contributed by atoms with Gasteiger partial charge in [-0.05, 0) is 43.9 Å². The number of aromatic nitrogens is 2. The van der Waals surface area contributed by atoms with E-state index in [1.165, 1.54) is 0 Å². The number of amides is 2. The van der Waals surface area contributed by atoms with Crippen LogP contribution in [0, 0.1) is 11.6 Å². The highest BCUT2D eigenvalue weighted by Gasteiger charge is 2.28. The van der Waals surface area contributed by atoms with Gasteiger partial charge >= 0.3 is 6.09 Å². The van der Waals surface area contributed by atoms with E-state index in [2.05, 4.69) is 20.8 Å². The number of hydrogen-bond donors (Lipinski definition) is 3. The third-order valence-electron chi connectivity index (χ3n) is 4.62. The molecule has 1 fully saturated rings. The van der Waals surface area contributed by atoms with Gasteiger partial charge in [0.15, 0.2) is 5.82 Å². The minimum Gasteiger partial charge on any atom is -0.450 e. The van der Waals surface area contributed by atoms with E-state index in [0.717, 1.165) is 43.2 Å². The van der Waals surface area contributed by atoms with Gasteiger partial charge < -0.3 is 15.4 Å².